The fourth-order valence-corrected chi connectivity index (χ4v) is 3.36. The molecule has 1 aromatic heterocycles. The van der Waals surface area contributed by atoms with Gasteiger partial charge in [-0.15, -0.1) is 11.3 Å². The molecule has 0 spiro atoms. The van der Waals surface area contributed by atoms with E-state index in [1.807, 2.05) is 13.0 Å². The summed E-state index contributed by atoms with van der Waals surface area (Å²) in [7, 11) is 0. The molecule has 2 heterocycles. The first-order valence-electron chi connectivity index (χ1n) is 5.86. The van der Waals surface area contributed by atoms with Crippen LogP contribution in [0.15, 0.2) is 6.07 Å². The molecule has 2 rings (SSSR count). The zero-order valence-corrected chi connectivity index (χ0v) is 10.9. The Labute approximate surface area is 101 Å². The molecule has 2 nitrogen and oxygen atoms in total. The van der Waals surface area contributed by atoms with Crippen LogP contribution in [0.25, 0.3) is 0 Å². The van der Waals surface area contributed by atoms with Crippen LogP contribution in [0, 0.1) is 19.8 Å². The average molecular weight is 238 g/mol. The molecule has 1 aliphatic heterocycles. The van der Waals surface area contributed by atoms with Gasteiger partial charge in [0.05, 0.1) is 12.0 Å². The van der Waals surface area contributed by atoms with Crippen LogP contribution in [0.3, 0.4) is 0 Å². The summed E-state index contributed by atoms with van der Waals surface area (Å²) < 4.78 is 5.59. The van der Waals surface area contributed by atoms with E-state index >= 15 is 0 Å². The van der Waals surface area contributed by atoms with E-state index in [1.165, 1.54) is 4.88 Å². The van der Waals surface area contributed by atoms with Gasteiger partial charge in [-0.3, -0.25) is 4.79 Å². The minimum Gasteiger partial charge on any atom is -0.377 e. The van der Waals surface area contributed by atoms with Gasteiger partial charge in [-0.25, -0.2) is 0 Å². The summed E-state index contributed by atoms with van der Waals surface area (Å²) in [6.07, 6.45) is 1.94. The molecule has 0 amide bonds. The standard InChI is InChI=1S/C13H18O2S/c1-4-12-10(5-6-15-12)13(14)11-7-8(2)16-9(11)3/h7,10,12H,4-6H2,1-3H3. The van der Waals surface area contributed by atoms with Crippen LogP contribution in [-0.2, 0) is 4.74 Å². The van der Waals surface area contributed by atoms with Crippen molar-refractivity contribution in [1.29, 1.82) is 0 Å². The van der Waals surface area contributed by atoms with Gasteiger partial charge < -0.3 is 4.74 Å². The summed E-state index contributed by atoms with van der Waals surface area (Å²) in [4.78, 5) is 14.7. The van der Waals surface area contributed by atoms with Crippen molar-refractivity contribution in [2.24, 2.45) is 5.92 Å². The van der Waals surface area contributed by atoms with E-state index in [0.29, 0.717) is 0 Å². The third-order valence-electron chi connectivity index (χ3n) is 3.26. The van der Waals surface area contributed by atoms with Gasteiger partial charge in [0.25, 0.3) is 0 Å². The van der Waals surface area contributed by atoms with Gasteiger partial charge in [0.15, 0.2) is 5.78 Å². The first kappa shape index (κ1) is 11.8. The molecule has 88 valence electrons. The summed E-state index contributed by atoms with van der Waals surface area (Å²) in [6.45, 7) is 6.90. The zero-order valence-electron chi connectivity index (χ0n) is 10.1. The molecule has 1 saturated heterocycles. The fraction of sp³-hybridized carbons (Fsp3) is 0.615. The summed E-state index contributed by atoms with van der Waals surface area (Å²) in [6, 6.07) is 2.02. The molecular weight excluding hydrogens is 220 g/mol. The molecule has 0 aliphatic carbocycles. The molecular formula is C13H18O2S. The monoisotopic (exact) mass is 238 g/mol. The SMILES string of the molecule is CCC1OCCC1C(=O)c1cc(C)sc1C. The molecule has 0 N–H and O–H groups in total. The van der Waals surface area contributed by atoms with Gasteiger partial charge in [-0.05, 0) is 32.8 Å². The number of aryl methyl sites for hydroxylation is 2. The number of ether oxygens (including phenoxy) is 1. The first-order valence-corrected chi connectivity index (χ1v) is 6.68. The summed E-state index contributed by atoms with van der Waals surface area (Å²) >= 11 is 1.70. The van der Waals surface area contributed by atoms with E-state index < -0.39 is 0 Å². The van der Waals surface area contributed by atoms with Gasteiger partial charge in [0.2, 0.25) is 0 Å². The van der Waals surface area contributed by atoms with Crippen molar-refractivity contribution in [3.63, 3.8) is 0 Å². The minimum absolute atomic E-state index is 0.0812. The molecule has 3 heteroatoms. The number of thiophene rings is 1. The Morgan fingerprint density at radius 3 is 2.88 bits per heavy atom. The lowest BCUT2D eigenvalue weighted by Crippen LogP contribution is -2.23. The quantitative estimate of drug-likeness (QED) is 0.755. The van der Waals surface area contributed by atoms with E-state index in [-0.39, 0.29) is 17.8 Å². The van der Waals surface area contributed by atoms with E-state index in [1.54, 1.807) is 11.3 Å². The fourth-order valence-electron chi connectivity index (χ4n) is 2.43. The Hall–Kier alpha value is -0.670. The second-order valence-corrected chi connectivity index (χ2v) is 5.86. The van der Waals surface area contributed by atoms with Crippen molar-refractivity contribution in [2.45, 2.75) is 39.7 Å². The lowest BCUT2D eigenvalue weighted by Gasteiger charge is -2.15. The molecule has 0 saturated carbocycles. The van der Waals surface area contributed by atoms with Crippen LogP contribution in [0.5, 0.6) is 0 Å². The molecule has 0 bridgehead atoms. The van der Waals surface area contributed by atoms with E-state index in [9.17, 15) is 4.79 Å². The van der Waals surface area contributed by atoms with Crippen molar-refractivity contribution < 1.29 is 9.53 Å². The van der Waals surface area contributed by atoms with E-state index in [4.69, 9.17) is 4.74 Å². The Bertz CT molecular complexity index is 395. The van der Waals surface area contributed by atoms with Crippen molar-refractivity contribution in [3.8, 4) is 0 Å². The topological polar surface area (TPSA) is 26.3 Å². The van der Waals surface area contributed by atoms with Crippen LogP contribution in [-0.4, -0.2) is 18.5 Å². The number of hydrogen-bond acceptors (Lipinski definition) is 3. The second-order valence-electron chi connectivity index (χ2n) is 4.40. The zero-order chi connectivity index (χ0) is 11.7. The summed E-state index contributed by atoms with van der Waals surface area (Å²) in [5, 5.41) is 0. The number of hydrogen-bond donors (Lipinski definition) is 0. The van der Waals surface area contributed by atoms with Gasteiger partial charge >= 0.3 is 0 Å². The molecule has 0 aromatic carbocycles. The van der Waals surface area contributed by atoms with E-state index in [2.05, 4.69) is 13.8 Å². The molecule has 1 fully saturated rings. The molecule has 1 aromatic rings. The maximum atomic E-state index is 12.4. The second kappa shape index (κ2) is 4.68. The van der Waals surface area contributed by atoms with Crippen molar-refractivity contribution in [3.05, 3.63) is 21.4 Å². The maximum Gasteiger partial charge on any atom is 0.169 e. The third kappa shape index (κ3) is 2.06. The normalized spacial score (nSPS) is 24.9. The number of carbonyl (C=O) groups is 1. The smallest absolute Gasteiger partial charge is 0.169 e. The van der Waals surface area contributed by atoms with Gasteiger partial charge in [0.1, 0.15) is 0 Å². The van der Waals surface area contributed by atoms with Crippen LogP contribution in [0.1, 0.15) is 39.9 Å². The number of ketones is 1. The van der Waals surface area contributed by atoms with Gasteiger partial charge in [-0.1, -0.05) is 6.92 Å². The van der Waals surface area contributed by atoms with Crippen molar-refractivity contribution in [2.75, 3.05) is 6.61 Å². The largest absolute Gasteiger partial charge is 0.377 e. The first-order chi connectivity index (χ1) is 7.63. The van der Waals surface area contributed by atoms with Gasteiger partial charge in [0, 0.05) is 21.9 Å². The van der Waals surface area contributed by atoms with Crippen LogP contribution >= 0.6 is 11.3 Å². The van der Waals surface area contributed by atoms with Crippen LogP contribution in [0.2, 0.25) is 0 Å². The van der Waals surface area contributed by atoms with Crippen molar-refractivity contribution >= 4 is 17.1 Å². The molecule has 1 aliphatic rings. The predicted molar refractivity (Wildman–Crippen MR) is 66.3 cm³/mol. The Kier molecular flexibility index (Phi) is 3.45. The van der Waals surface area contributed by atoms with Crippen LogP contribution < -0.4 is 0 Å². The lowest BCUT2D eigenvalue weighted by atomic mass is 9.91. The average Bonchev–Trinajstić information content (AvgIpc) is 2.83. The number of Topliss-reactive ketones (excluding diaryl/α,β-unsaturated/α-hetero) is 1. The molecule has 0 radical (unpaired) electrons. The van der Waals surface area contributed by atoms with E-state index in [0.717, 1.165) is 29.9 Å². The number of carbonyl (C=O) groups excluding carboxylic acids is 1. The molecule has 16 heavy (non-hydrogen) atoms. The third-order valence-corrected chi connectivity index (χ3v) is 4.22. The highest BCUT2D eigenvalue weighted by molar-refractivity contribution is 7.12. The minimum atomic E-state index is 0.0812. The van der Waals surface area contributed by atoms with Crippen molar-refractivity contribution in [1.82, 2.24) is 0 Å². The van der Waals surface area contributed by atoms with Crippen LogP contribution in [0.4, 0.5) is 0 Å². The highest BCUT2D eigenvalue weighted by atomic mass is 32.1. The Morgan fingerprint density at radius 2 is 2.31 bits per heavy atom. The Morgan fingerprint density at radius 1 is 1.56 bits per heavy atom. The predicted octanol–water partition coefficient (Wildman–Crippen LogP) is 3.36. The molecule has 2 atom stereocenters. The lowest BCUT2D eigenvalue weighted by molar-refractivity contribution is 0.0689. The summed E-state index contributed by atoms with van der Waals surface area (Å²) in [5.74, 6) is 0.365. The molecule has 2 unspecified atom stereocenters. The maximum absolute atomic E-state index is 12.4. The number of rotatable bonds is 3. The highest BCUT2D eigenvalue weighted by Crippen LogP contribution is 2.30. The summed E-state index contributed by atoms with van der Waals surface area (Å²) in [5.41, 5.74) is 0.913. The Balaban J connectivity index is 2.21. The highest BCUT2D eigenvalue weighted by Gasteiger charge is 2.34. The van der Waals surface area contributed by atoms with Gasteiger partial charge in [-0.2, -0.15) is 0 Å².